The first-order valence-corrected chi connectivity index (χ1v) is 8.63. The normalized spacial score (nSPS) is 15.4. The standard InChI is InChI=1S/C15H24N4O2S.ClH/c1-10(2)15(21)19-7-4-11(5-8-19)17-14(20)12-9-22-13(18-12)3-6-16;/h9-11H,3-8,16H2,1-2H3,(H,17,20);1H. The summed E-state index contributed by atoms with van der Waals surface area (Å²) in [6.45, 7) is 5.78. The number of nitrogens with one attached hydrogen (secondary N) is 1. The largest absolute Gasteiger partial charge is 0.348 e. The molecule has 0 saturated carbocycles. The molecule has 2 amide bonds. The number of hydrogen-bond donors (Lipinski definition) is 2. The van der Waals surface area contributed by atoms with E-state index in [9.17, 15) is 9.59 Å². The van der Waals surface area contributed by atoms with Gasteiger partial charge in [-0.2, -0.15) is 0 Å². The molecule has 1 aromatic heterocycles. The van der Waals surface area contributed by atoms with Crippen molar-refractivity contribution in [1.29, 1.82) is 0 Å². The number of likely N-dealkylation sites (tertiary alicyclic amines) is 1. The number of carbonyl (C=O) groups is 2. The van der Waals surface area contributed by atoms with Crippen LogP contribution in [0.2, 0.25) is 0 Å². The van der Waals surface area contributed by atoms with Crippen LogP contribution in [0.5, 0.6) is 0 Å². The molecule has 1 saturated heterocycles. The van der Waals surface area contributed by atoms with Crippen LogP contribution < -0.4 is 11.1 Å². The summed E-state index contributed by atoms with van der Waals surface area (Å²) in [4.78, 5) is 30.3. The third kappa shape index (κ3) is 5.44. The molecular formula is C15H25ClN4O2S. The molecule has 2 heterocycles. The molecule has 1 fully saturated rings. The quantitative estimate of drug-likeness (QED) is 0.831. The second kappa shape index (κ2) is 9.20. The van der Waals surface area contributed by atoms with Gasteiger partial charge in [0.05, 0.1) is 5.01 Å². The predicted molar refractivity (Wildman–Crippen MR) is 94.0 cm³/mol. The van der Waals surface area contributed by atoms with Gasteiger partial charge in [0.1, 0.15) is 5.69 Å². The first-order chi connectivity index (χ1) is 10.5. The summed E-state index contributed by atoms with van der Waals surface area (Å²) in [5, 5.41) is 5.68. The lowest BCUT2D eigenvalue weighted by atomic mass is 10.0. The van der Waals surface area contributed by atoms with E-state index in [1.165, 1.54) is 11.3 Å². The highest BCUT2D eigenvalue weighted by molar-refractivity contribution is 7.09. The molecule has 1 aliphatic rings. The minimum absolute atomic E-state index is 0. The van der Waals surface area contributed by atoms with E-state index < -0.39 is 0 Å². The van der Waals surface area contributed by atoms with Crippen molar-refractivity contribution in [3.8, 4) is 0 Å². The van der Waals surface area contributed by atoms with Gasteiger partial charge in [-0.3, -0.25) is 9.59 Å². The minimum Gasteiger partial charge on any atom is -0.348 e. The van der Waals surface area contributed by atoms with Gasteiger partial charge in [0.2, 0.25) is 5.91 Å². The molecule has 1 aliphatic heterocycles. The van der Waals surface area contributed by atoms with Crippen LogP contribution in [0.3, 0.4) is 0 Å². The van der Waals surface area contributed by atoms with Gasteiger partial charge in [0.15, 0.2) is 0 Å². The van der Waals surface area contributed by atoms with Crippen molar-refractivity contribution in [3.63, 3.8) is 0 Å². The van der Waals surface area contributed by atoms with Gasteiger partial charge in [-0.1, -0.05) is 13.8 Å². The van der Waals surface area contributed by atoms with Gasteiger partial charge in [0.25, 0.3) is 5.91 Å². The van der Waals surface area contributed by atoms with E-state index >= 15 is 0 Å². The maximum Gasteiger partial charge on any atom is 0.270 e. The fourth-order valence-corrected chi connectivity index (χ4v) is 3.32. The molecule has 0 atom stereocenters. The third-order valence-electron chi connectivity index (χ3n) is 3.78. The number of nitrogens with zero attached hydrogens (tertiary/aromatic N) is 2. The number of aromatic nitrogens is 1. The molecule has 130 valence electrons. The molecule has 6 nitrogen and oxygen atoms in total. The van der Waals surface area contributed by atoms with Crippen LogP contribution in [0.15, 0.2) is 5.38 Å². The van der Waals surface area contributed by atoms with Gasteiger partial charge < -0.3 is 16.0 Å². The van der Waals surface area contributed by atoms with E-state index in [4.69, 9.17) is 5.73 Å². The molecule has 0 radical (unpaired) electrons. The minimum atomic E-state index is -0.131. The van der Waals surface area contributed by atoms with E-state index in [0.717, 1.165) is 17.8 Å². The smallest absolute Gasteiger partial charge is 0.270 e. The Kier molecular flexibility index (Phi) is 7.94. The Bertz CT molecular complexity index is 527. The van der Waals surface area contributed by atoms with Crippen LogP contribution >= 0.6 is 23.7 Å². The SMILES string of the molecule is CC(C)C(=O)N1CCC(NC(=O)c2csc(CCN)n2)CC1.Cl. The van der Waals surface area contributed by atoms with Crippen molar-refractivity contribution < 1.29 is 9.59 Å². The van der Waals surface area contributed by atoms with E-state index in [1.54, 1.807) is 5.38 Å². The average molecular weight is 361 g/mol. The highest BCUT2D eigenvalue weighted by atomic mass is 35.5. The maximum absolute atomic E-state index is 12.2. The monoisotopic (exact) mass is 360 g/mol. The lowest BCUT2D eigenvalue weighted by molar-refractivity contribution is -0.135. The van der Waals surface area contributed by atoms with Crippen LogP contribution in [0.1, 0.15) is 42.2 Å². The lowest BCUT2D eigenvalue weighted by Crippen LogP contribution is -2.47. The summed E-state index contributed by atoms with van der Waals surface area (Å²) >= 11 is 1.47. The number of hydrogen-bond acceptors (Lipinski definition) is 5. The highest BCUT2D eigenvalue weighted by Gasteiger charge is 2.25. The van der Waals surface area contributed by atoms with Crippen molar-refractivity contribution in [3.05, 3.63) is 16.1 Å². The molecule has 23 heavy (non-hydrogen) atoms. The Morgan fingerprint density at radius 3 is 2.65 bits per heavy atom. The Morgan fingerprint density at radius 1 is 1.43 bits per heavy atom. The Morgan fingerprint density at radius 2 is 2.09 bits per heavy atom. The molecule has 3 N–H and O–H groups in total. The molecular weight excluding hydrogens is 336 g/mol. The summed E-state index contributed by atoms with van der Waals surface area (Å²) < 4.78 is 0. The van der Waals surface area contributed by atoms with Crippen LogP contribution in [0.4, 0.5) is 0 Å². The number of carbonyl (C=O) groups excluding carboxylic acids is 2. The van der Waals surface area contributed by atoms with E-state index in [1.807, 2.05) is 18.7 Å². The Labute approximate surface area is 147 Å². The zero-order chi connectivity index (χ0) is 16.1. The zero-order valence-electron chi connectivity index (χ0n) is 13.6. The summed E-state index contributed by atoms with van der Waals surface area (Å²) in [6.07, 6.45) is 2.29. The summed E-state index contributed by atoms with van der Waals surface area (Å²) in [5.41, 5.74) is 5.95. The van der Waals surface area contributed by atoms with E-state index in [0.29, 0.717) is 31.7 Å². The number of rotatable bonds is 5. The van der Waals surface area contributed by atoms with Crippen LogP contribution in [0, 0.1) is 5.92 Å². The second-order valence-electron chi connectivity index (χ2n) is 5.89. The Hall–Kier alpha value is -1.18. The number of amides is 2. The molecule has 0 unspecified atom stereocenters. The summed E-state index contributed by atoms with van der Waals surface area (Å²) in [7, 11) is 0. The molecule has 0 aromatic carbocycles. The lowest BCUT2D eigenvalue weighted by Gasteiger charge is -2.33. The number of thiazole rings is 1. The highest BCUT2D eigenvalue weighted by Crippen LogP contribution is 2.15. The van der Waals surface area contributed by atoms with Gasteiger partial charge in [0, 0.05) is 36.9 Å². The molecule has 2 rings (SSSR count). The molecule has 0 spiro atoms. The fourth-order valence-electron chi connectivity index (χ4n) is 2.52. The van der Waals surface area contributed by atoms with Gasteiger partial charge in [-0.05, 0) is 19.4 Å². The second-order valence-corrected chi connectivity index (χ2v) is 6.84. The van der Waals surface area contributed by atoms with E-state index in [-0.39, 0.29) is 36.2 Å². The number of nitrogens with two attached hydrogens (primary N) is 1. The molecule has 0 aliphatic carbocycles. The molecule has 1 aromatic rings. The van der Waals surface area contributed by atoms with Crippen molar-refractivity contribution in [2.75, 3.05) is 19.6 Å². The third-order valence-corrected chi connectivity index (χ3v) is 4.69. The first-order valence-electron chi connectivity index (χ1n) is 7.75. The van der Waals surface area contributed by atoms with Gasteiger partial charge >= 0.3 is 0 Å². The van der Waals surface area contributed by atoms with Crippen molar-refractivity contribution in [2.45, 2.75) is 39.2 Å². The fraction of sp³-hybridized carbons (Fsp3) is 0.667. The number of halogens is 1. The first kappa shape index (κ1) is 19.9. The van der Waals surface area contributed by atoms with Gasteiger partial charge in [-0.15, -0.1) is 23.7 Å². The topological polar surface area (TPSA) is 88.3 Å². The van der Waals surface area contributed by atoms with Crippen LogP contribution in [-0.2, 0) is 11.2 Å². The molecule has 8 heteroatoms. The maximum atomic E-state index is 12.2. The van der Waals surface area contributed by atoms with E-state index in [2.05, 4.69) is 10.3 Å². The predicted octanol–water partition coefficient (Wildman–Crippen LogP) is 1.44. The molecule has 0 bridgehead atoms. The van der Waals surface area contributed by atoms with Gasteiger partial charge in [-0.25, -0.2) is 4.98 Å². The number of piperidine rings is 1. The van der Waals surface area contributed by atoms with Crippen LogP contribution in [-0.4, -0.2) is 47.4 Å². The average Bonchev–Trinajstić information content (AvgIpc) is 2.96. The van der Waals surface area contributed by atoms with Crippen LogP contribution in [0.25, 0.3) is 0 Å². The zero-order valence-corrected chi connectivity index (χ0v) is 15.2. The summed E-state index contributed by atoms with van der Waals surface area (Å²) in [5.74, 6) is 0.0889. The van der Waals surface area contributed by atoms with Crippen molar-refractivity contribution in [1.82, 2.24) is 15.2 Å². The summed E-state index contributed by atoms with van der Waals surface area (Å²) in [6, 6.07) is 0.114. The van der Waals surface area contributed by atoms with Crippen molar-refractivity contribution in [2.24, 2.45) is 11.7 Å². The van der Waals surface area contributed by atoms with Crippen molar-refractivity contribution >= 4 is 35.6 Å². The Balaban J connectivity index is 0.00000264.